The first kappa shape index (κ1) is 18.7. The number of nitriles is 2. The van der Waals surface area contributed by atoms with Crippen molar-refractivity contribution in [3.05, 3.63) is 58.3 Å². The number of benzene rings is 1. The number of hydrogen-bond donors (Lipinski definition) is 1. The molecule has 1 aromatic carbocycles. The first-order chi connectivity index (χ1) is 13.0. The molecular weight excluding hydrogens is 338 g/mol. The lowest BCUT2D eigenvalue weighted by atomic mass is 9.58. The van der Waals surface area contributed by atoms with Crippen LogP contribution in [0.2, 0.25) is 0 Å². The number of nitrogens with two attached hydrogens (primary N) is 1. The molecule has 0 aromatic heterocycles. The molecule has 0 fully saturated rings. The Kier molecular flexibility index (Phi) is 5.06. The molecule has 0 bridgehead atoms. The molecule has 2 aliphatic rings. The number of methoxy groups -OCH3 is 1. The Hall–Kier alpha value is -3.05. The molecule has 5 heteroatoms. The Labute approximate surface area is 159 Å². The summed E-state index contributed by atoms with van der Waals surface area (Å²) in [7, 11) is 1.25. The van der Waals surface area contributed by atoms with Gasteiger partial charge in [0.25, 0.3) is 0 Å². The van der Waals surface area contributed by atoms with Crippen LogP contribution in [0.15, 0.2) is 52.7 Å². The van der Waals surface area contributed by atoms with E-state index in [1.165, 1.54) is 7.11 Å². The smallest absolute Gasteiger partial charge is 0.333 e. The number of carbonyl (C=O) groups excluding carboxylic acids is 1. The molecule has 2 aliphatic carbocycles. The van der Waals surface area contributed by atoms with Gasteiger partial charge in [0.05, 0.1) is 24.4 Å². The molecule has 0 radical (unpaired) electrons. The molecule has 2 N–H and O–H groups in total. The normalized spacial score (nSPS) is 27.4. The topological polar surface area (TPSA) is 99.9 Å². The van der Waals surface area contributed by atoms with Crippen molar-refractivity contribution in [3.63, 3.8) is 0 Å². The van der Waals surface area contributed by atoms with E-state index >= 15 is 0 Å². The van der Waals surface area contributed by atoms with Gasteiger partial charge < -0.3 is 10.5 Å². The Morgan fingerprint density at radius 3 is 2.59 bits per heavy atom. The first-order valence-corrected chi connectivity index (χ1v) is 9.22. The predicted octanol–water partition coefficient (Wildman–Crippen LogP) is 3.71. The minimum atomic E-state index is -1.73. The minimum Gasteiger partial charge on any atom is -0.468 e. The van der Waals surface area contributed by atoms with Crippen molar-refractivity contribution in [3.8, 4) is 12.1 Å². The molecule has 0 spiro atoms. The highest BCUT2D eigenvalue weighted by Crippen LogP contribution is 2.56. The van der Waals surface area contributed by atoms with Gasteiger partial charge in [0, 0.05) is 5.92 Å². The third kappa shape index (κ3) is 2.71. The fraction of sp³-hybridized carbons (Fsp3) is 0.409. The van der Waals surface area contributed by atoms with E-state index in [1.807, 2.05) is 30.3 Å². The van der Waals surface area contributed by atoms with Gasteiger partial charge >= 0.3 is 5.97 Å². The van der Waals surface area contributed by atoms with Crippen LogP contribution in [0.4, 0.5) is 0 Å². The highest BCUT2D eigenvalue weighted by atomic mass is 16.5. The van der Waals surface area contributed by atoms with E-state index in [4.69, 9.17) is 10.5 Å². The maximum atomic E-state index is 12.9. The number of nitrogens with zero attached hydrogens (tertiary/aromatic N) is 2. The van der Waals surface area contributed by atoms with Crippen molar-refractivity contribution in [2.24, 2.45) is 17.1 Å². The minimum absolute atomic E-state index is 0.0156. The second-order valence-corrected chi connectivity index (χ2v) is 7.18. The summed E-state index contributed by atoms with van der Waals surface area (Å²) < 4.78 is 5.02. The zero-order valence-electron chi connectivity index (χ0n) is 15.7. The quantitative estimate of drug-likeness (QED) is 0.827. The van der Waals surface area contributed by atoms with Crippen molar-refractivity contribution >= 4 is 5.97 Å². The SMILES string of the molecule is CC[C@@H]1CCC2=C(C1)[C@H](c1ccccc1)[C@](C#N)(C(=O)OC)C(N)=C2C#N. The fourth-order valence-electron chi connectivity index (χ4n) is 4.53. The van der Waals surface area contributed by atoms with E-state index < -0.39 is 17.3 Å². The van der Waals surface area contributed by atoms with Crippen LogP contribution in [0.3, 0.4) is 0 Å². The molecule has 1 aromatic rings. The molecule has 5 nitrogen and oxygen atoms in total. The van der Waals surface area contributed by atoms with E-state index in [0.29, 0.717) is 5.92 Å². The predicted molar refractivity (Wildman–Crippen MR) is 101 cm³/mol. The van der Waals surface area contributed by atoms with Crippen molar-refractivity contribution in [2.45, 2.75) is 38.5 Å². The fourth-order valence-corrected chi connectivity index (χ4v) is 4.53. The van der Waals surface area contributed by atoms with Gasteiger partial charge in [-0.3, -0.25) is 0 Å². The summed E-state index contributed by atoms with van der Waals surface area (Å²) in [5, 5.41) is 20.0. The number of esters is 1. The van der Waals surface area contributed by atoms with Crippen molar-refractivity contribution in [2.75, 3.05) is 7.11 Å². The van der Waals surface area contributed by atoms with E-state index in [-0.39, 0.29) is 11.3 Å². The van der Waals surface area contributed by atoms with Crippen LogP contribution >= 0.6 is 0 Å². The van der Waals surface area contributed by atoms with Crippen LogP contribution in [0.25, 0.3) is 0 Å². The Morgan fingerprint density at radius 1 is 1.33 bits per heavy atom. The van der Waals surface area contributed by atoms with Crippen LogP contribution in [0.1, 0.15) is 44.1 Å². The molecule has 27 heavy (non-hydrogen) atoms. The highest BCUT2D eigenvalue weighted by Gasteiger charge is 2.56. The third-order valence-electron chi connectivity index (χ3n) is 5.98. The average molecular weight is 361 g/mol. The average Bonchev–Trinajstić information content (AvgIpc) is 2.72. The lowest BCUT2D eigenvalue weighted by Gasteiger charge is -2.43. The Balaban J connectivity index is 2.35. The standard InChI is InChI=1S/C22H23N3O2/c1-3-14-9-10-16-17(11-14)19(15-7-5-4-6-8-15)22(13-24,21(26)27-2)20(25)18(16)12-23/h4-8,14,19H,3,9-11,25H2,1-2H3/t14-,19+,22+/m1/s1. The second-order valence-electron chi connectivity index (χ2n) is 7.18. The maximum absolute atomic E-state index is 12.9. The summed E-state index contributed by atoms with van der Waals surface area (Å²) in [4.78, 5) is 12.9. The molecular formula is C22H23N3O2. The van der Waals surface area contributed by atoms with Gasteiger partial charge in [0.1, 0.15) is 6.07 Å². The van der Waals surface area contributed by atoms with Gasteiger partial charge in [-0.25, -0.2) is 4.79 Å². The van der Waals surface area contributed by atoms with Gasteiger partial charge in [-0.15, -0.1) is 0 Å². The van der Waals surface area contributed by atoms with Gasteiger partial charge in [-0.05, 0) is 36.3 Å². The molecule has 0 saturated heterocycles. The Bertz CT molecular complexity index is 902. The summed E-state index contributed by atoms with van der Waals surface area (Å²) in [6.07, 6.45) is 3.48. The molecule has 138 valence electrons. The molecule has 0 aliphatic heterocycles. The molecule has 0 amide bonds. The highest BCUT2D eigenvalue weighted by molar-refractivity contribution is 5.88. The van der Waals surface area contributed by atoms with Crippen LogP contribution < -0.4 is 5.73 Å². The van der Waals surface area contributed by atoms with Crippen LogP contribution in [-0.4, -0.2) is 13.1 Å². The zero-order valence-corrected chi connectivity index (χ0v) is 15.7. The van der Waals surface area contributed by atoms with Crippen LogP contribution in [-0.2, 0) is 9.53 Å². The number of rotatable bonds is 3. The van der Waals surface area contributed by atoms with Gasteiger partial charge in [0.2, 0.25) is 5.41 Å². The molecule has 0 saturated carbocycles. The first-order valence-electron chi connectivity index (χ1n) is 9.22. The van der Waals surface area contributed by atoms with Crippen LogP contribution in [0.5, 0.6) is 0 Å². The molecule has 3 atom stereocenters. The van der Waals surface area contributed by atoms with Crippen molar-refractivity contribution in [1.82, 2.24) is 0 Å². The Morgan fingerprint density at radius 2 is 2.04 bits per heavy atom. The second kappa shape index (κ2) is 7.29. The summed E-state index contributed by atoms with van der Waals surface area (Å²) in [5.74, 6) is -0.796. The summed E-state index contributed by atoms with van der Waals surface area (Å²) in [6.45, 7) is 2.14. The number of hydrogen-bond acceptors (Lipinski definition) is 5. The number of allylic oxidation sites excluding steroid dienone is 3. The van der Waals surface area contributed by atoms with E-state index in [0.717, 1.165) is 42.4 Å². The third-order valence-corrected chi connectivity index (χ3v) is 5.98. The maximum Gasteiger partial charge on any atom is 0.333 e. The van der Waals surface area contributed by atoms with Gasteiger partial charge in [-0.1, -0.05) is 49.2 Å². The number of ether oxygens (including phenoxy) is 1. The molecule has 0 unspecified atom stereocenters. The largest absolute Gasteiger partial charge is 0.468 e. The molecule has 0 heterocycles. The molecule has 3 rings (SSSR count). The zero-order chi connectivity index (χ0) is 19.6. The summed E-state index contributed by atoms with van der Waals surface area (Å²) in [6, 6.07) is 13.8. The summed E-state index contributed by atoms with van der Waals surface area (Å²) >= 11 is 0. The van der Waals surface area contributed by atoms with Gasteiger partial charge in [0.15, 0.2) is 0 Å². The van der Waals surface area contributed by atoms with Crippen molar-refractivity contribution in [1.29, 1.82) is 10.5 Å². The van der Waals surface area contributed by atoms with E-state index in [9.17, 15) is 15.3 Å². The summed E-state index contributed by atoms with van der Waals surface area (Å²) in [5.41, 5.74) is 7.65. The monoisotopic (exact) mass is 361 g/mol. The van der Waals surface area contributed by atoms with E-state index in [2.05, 4.69) is 19.1 Å². The van der Waals surface area contributed by atoms with Gasteiger partial charge in [-0.2, -0.15) is 10.5 Å². The lowest BCUT2D eigenvalue weighted by molar-refractivity contribution is -0.148. The van der Waals surface area contributed by atoms with Crippen LogP contribution in [0, 0.1) is 34.0 Å². The van der Waals surface area contributed by atoms with Crippen molar-refractivity contribution < 1.29 is 9.53 Å². The lowest BCUT2D eigenvalue weighted by Crippen LogP contribution is -2.46. The van der Waals surface area contributed by atoms with E-state index in [1.54, 1.807) is 0 Å². The number of carbonyl (C=O) groups is 1.